The van der Waals surface area contributed by atoms with Crippen LogP contribution in [0.1, 0.15) is 19.8 Å². The third-order valence-electron chi connectivity index (χ3n) is 5.15. The van der Waals surface area contributed by atoms with E-state index in [1.54, 1.807) is 7.05 Å². The van der Waals surface area contributed by atoms with Crippen LogP contribution in [0.15, 0.2) is 47.3 Å². The summed E-state index contributed by atoms with van der Waals surface area (Å²) < 4.78 is 1.50. The fourth-order valence-electron chi connectivity index (χ4n) is 3.50. The molecule has 0 unspecified atom stereocenters. The van der Waals surface area contributed by atoms with Crippen molar-refractivity contribution >= 4 is 28.0 Å². The molecule has 5 nitrogen and oxygen atoms in total. The lowest BCUT2D eigenvalue weighted by Crippen LogP contribution is -2.32. The zero-order valence-electron chi connectivity index (χ0n) is 14.7. The van der Waals surface area contributed by atoms with Gasteiger partial charge in [0.2, 0.25) is 0 Å². The molecule has 1 aliphatic rings. The van der Waals surface area contributed by atoms with Crippen molar-refractivity contribution in [2.45, 2.75) is 19.8 Å². The van der Waals surface area contributed by atoms with Crippen LogP contribution in [0, 0.1) is 5.92 Å². The minimum Gasteiger partial charge on any atom is -0.372 e. The van der Waals surface area contributed by atoms with Gasteiger partial charge in [-0.05, 0) is 61.2 Å². The fourth-order valence-corrected chi connectivity index (χ4v) is 3.50. The summed E-state index contributed by atoms with van der Waals surface area (Å²) in [6.07, 6.45) is 2.55. The maximum absolute atomic E-state index is 11.9. The molecule has 3 aromatic rings. The van der Waals surface area contributed by atoms with Gasteiger partial charge in [-0.2, -0.15) is 0 Å². The highest BCUT2D eigenvalue weighted by Crippen LogP contribution is 2.26. The topological polar surface area (TPSA) is 53.1 Å². The van der Waals surface area contributed by atoms with E-state index in [2.05, 4.69) is 46.5 Å². The first-order chi connectivity index (χ1) is 12.1. The van der Waals surface area contributed by atoms with Gasteiger partial charge in [0.25, 0.3) is 5.56 Å². The Morgan fingerprint density at radius 2 is 1.72 bits per heavy atom. The van der Waals surface area contributed by atoms with Crippen molar-refractivity contribution in [3.8, 4) is 0 Å². The maximum atomic E-state index is 11.9. The van der Waals surface area contributed by atoms with Crippen molar-refractivity contribution in [2.24, 2.45) is 13.0 Å². The summed E-state index contributed by atoms with van der Waals surface area (Å²) >= 11 is 0. The molecular weight excluding hydrogens is 312 g/mol. The van der Waals surface area contributed by atoms with Crippen LogP contribution in [0.3, 0.4) is 0 Å². The zero-order chi connectivity index (χ0) is 17.4. The first-order valence-electron chi connectivity index (χ1n) is 8.91. The van der Waals surface area contributed by atoms with Gasteiger partial charge in [0.05, 0.1) is 10.9 Å². The molecule has 5 heteroatoms. The number of H-pyrrole nitrogens is 1. The van der Waals surface area contributed by atoms with E-state index < -0.39 is 0 Å². The molecular formula is C20H24N4O. The molecule has 1 fully saturated rings. The molecule has 0 amide bonds. The van der Waals surface area contributed by atoms with E-state index in [0.29, 0.717) is 5.39 Å². The smallest absolute Gasteiger partial charge is 0.274 e. The third-order valence-corrected chi connectivity index (χ3v) is 5.15. The molecule has 1 aromatic heterocycles. The summed E-state index contributed by atoms with van der Waals surface area (Å²) in [5, 5.41) is 7.19. The second kappa shape index (κ2) is 6.31. The molecule has 4 rings (SSSR count). The molecule has 0 saturated carbocycles. The second-order valence-corrected chi connectivity index (χ2v) is 7.08. The highest BCUT2D eigenvalue weighted by atomic mass is 16.1. The SMILES string of the molecule is CC1CCN(c2ccc(Nc3ccc4c(=O)n(C)[nH]c4c3)cc2)CC1. The third kappa shape index (κ3) is 3.14. The number of piperidine rings is 1. The second-order valence-electron chi connectivity index (χ2n) is 7.08. The number of aryl methyl sites for hydroxylation is 1. The van der Waals surface area contributed by atoms with Gasteiger partial charge in [0, 0.05) is 37.2 Å². The lowest BCUT2D eigenvalue weighted by atomic mass is 9.99. The molecule has 1 aliphatic heterocycles. The molecule has 1 saturated heterocycles. The van der Waals surface area contributed by atoms with Crippen molar-refractivity contribution in [3.63, 3.8) is 0 Å². The van der Waals surface area contributed by atoms with Crippen molar-refractivity contribution < 1.29 is 0 Å². The van der Waals surface area contributed by atoms with Gasteiger partial charge in [0.15, 0.2) is 0 Å². The number of benzene rings is 2. The number of nitrogens with zero attached hydrogens (tertiary/aromatic N) is 2. The summed E-state index contributed by atoms with van der Waals surface area (Å²) in [6, 6.07) is 14.4. The quantitative estimate of drug-likeness (QED) is 0.764. The van der Waals surface area contributed by atoms with Crippen LogP contribution >= 0.6 is 0 Å². The Kier molecular flexibility index (Phi) is 3.99. The molecule has 2 aromatic carbocycles. The molecule has 0 radical (unpaired) electrons. The molecule has 25 heavy (non-hydrogen) atoms. The Labute approximate surface area is 147 Å². The van der Waals surface area contributed by atoms with Crippen LogP contribution in [-0.4, -0.2) is 22.9 Å². The maximum Gasteiger partial charge on any atom is 0.274 e. The van der Waals surface area contributed by atoms with Gasteiger partial charge in [0.1, 0.15) is 0 Å². The van der Waals surface area contributed by atoms with Crippen LogP contribution in [0.4, 0.5) is 17.1 Å². The number of aromatic amines is 1. The largest absolute Gasteiger partial charge is 0.372 e. The highest BCUT2D eigenvalue weighted by Gasteiger charge is 2.15. The monoisotopic (exact) mass is 336 g/mol. The Hall–Kier alpha value is -2.69. The molecule has 0 bridgehead atoms. The summed E-state index contributed by atoms with van der Waals surface area (Å²) in [5.74, 6) is 0.844. The number of aromatic nitrogens is 2. The number of anilines is 3. The minimum absolute atomic E-state index is 0.00162. The summed E-state index contributed by atoms with van der Waals surface area (Å²) in [5.41, 5.74) is 4.15. The Morgan fingerprint density at radius 1 is 1.04 bits per heavy atom. The molecule has 2 heterocycles. The Bertz CT molecular complexity index is 930. The van der Waals surface area contributed by atoms with Crippen LogP contribution in [-0.2, 0) is 7.05 Å². The highest BCUT2D eigenvalue weighted by molar-refractivity contribution is 5.82. The molecule has 0 atom stereocenters. The van der Waals surface area contributed by atoms with Crippen molar-refractivity contribution in [2.75, 3.05) is 23.3 Å². The van der Waals surface area contributed by atoms with Gasteiger partial charge in [-0.15, -0.1) is 0 Å². The summed E-state index contributed by atoms with van der Waals surface area (Å²) in [6.45, 7) is 4.62. The predicted octanol–water partition coefficient (Wildman–Crippen LogP) is 3.85. The normalized spacial score (nSPS) is 15.7. The summed E-state index contributed by atoms with van der Waals surface area (Å²) in [4.78, 5) is 14.4. The van der Waals surface area contributed by atoms with E-state index in [-0.39, 0.29) is 5.56 Å². The number of hydrogen-bond acceptors (Lipinski definition) is 3. The zero-order valence-corrected chi connectivity index (χ0v) is 14.7. The van der Waals surface area contributed by atoms with Gasteiger partial charge >= 0.3 is 0 Å². The van der Waals surface area contributed by atoms with Crippen molar-refractivity contribution in [3.05, 3.63) is 52.8 Å². The summed E-state index contributed by atoms with van der Waals surface area (Å²) in [7, 11) is 1.73. The standard InChI is InChI=1S/C20H24N4O/c1-14-9-11-24(12-10-14)17-6-3-15(4-7-17)21-16-5-8-18-19(13-16)22-23(2)20(18)25/h3-8,13-14,21-22H,9-12H2,1-2H3. The van der Waals surface area contributed by atoms with Gasteiger partial charge in [-0.3, -0.25) is 14.6 Å². The first kappa shape index (κ1) is 15.8. The fraction of sp³-hybridized carbons (Fsp3) is 0.350. The lowest BCUT2D eigenvalue weighted by molar-refractivity contribution is 0.438. The number of fused-ring (bicyclic) bond motifs is 1. The molecule has 130 valence electrons. The average Bonchev–Trinajstić information content (AvgIpc) is 2.90. The number of rotatable bonds is 3. The average molecular weight is 336 g/mol. The van der Waals surface area contributed by atoms with Gasteiger partial charge in [-0.25, -0.2) is 0 Å². The van der Waals surface area contributed by atoms with E-state index in [1.165, 1.54) is 23.2 Å². The number of nitrogens with one attached hydrogen (secondary N) is 2. The molecule has 0 spiro atoms. The Morgan fingerprint density at radius 3 is 2.44 bits per heavy atom. The molecule has 2 N–H and O–H groups in total. The van der Waals surface area contributed by atoms with E-state index in [0.717, 1.165) is 35.9 Å². The van der Waals surface area contributed by atoms with E-state index in [9.17, 15) is 4.79 Å². The number of hydrogen-bond donors (Lipinski definition) is 2. The van der Waals surface area contributed by atoms with Gasteiger partial charge < -0.3 is 10.2 Å². The van der Waals surface area contributed by atoms with Crippen LogP contribution < -0.4 is 15.8 Å². The van der Waals surface area contributed by atoms with Crippen molar-refractivity contribution in [1.82, 2.24) is 9.78 Å². The Balaban J connectivity index is 1.50. The van der Waals surface area contributed by atoms with E-state index >= 15 is 0 Å². The molecule has 0 aliphatic carbocycles. The lowest BCUT2D eigenvalue weighted by Gasteiger charge is -2.32. The van der Waals surface area contributed by atoms with E-state index in [1.807, 2.05) is 18.2 Å². The van der Waals surface area contributed by atoms with Crippen LogP contribution in [0.25, 0.3) is 10.9 Å². The van der Waals surface area contributed by atoms with Crippen molar-refractivity contribution in [1.29, 1.82) is 0 Å². The van der Waals surface area contributed by atoms with E-state index in [4.69, 9.17) is 0 Å². The predicted molar refractivity (Wildman–Crippen MR) is 104 cm³/mol. The van der Waals surface area contributed by atoms with Crippen LogP contribution in [0.2, 0.25) is 0 Å². The minimum atomic E-state index is 0.00162. The van der Waals surface area contributed by atoms with Gasteiger partial charge in [-0.1, -0.05) is 6.92 Å². The first-order valence-corrected chi connectivity index (χ1v) is 8.91. The van der Waals surface area contributed by atoms with Crippen LogP contribution in [0.5, 0.6) is 0 Å².